The fourth-order valence-corrected chi connectivity index (χ4v) is 3.43. The zero-order valence-corrected chi connectivity index (χ0v) is 14.5. The summed E-state index contributed by atoms with van der Waals surface area (Å²) in [6.07, 6.45) is 3.24. The molecule has 1 aromatic heterocycles. The second-order valence-corrected chi connectivity index (χ2v) is 6.62. The molecule has 0 atom stereocenters. The Bertz CT molecular complexity index is 922. The second kappa shape index (κ2) is 7.04. The van der Waals surface area contributed by atoms with Crippen molar-refractivity contribution in [2.75, 3.05) is 18.4 Å². The van der Waals surface area contributed by atoms with Gasteiger partial charge in [-0.3, -0.25) is 9.59 Å². The summed E-state index contributed by atoms with van der Waals surface area (Å²) in [4.78, 5) is 30.5. The molecule has 1 saturated heterocycles. The molecule has 2 aromatic carbocycles. The van der Waals surface area contributed by atoms with Crippen molar-refractivity contribution < 1.29 is 9.59 Å². The summed E-state index contributed by atoms with van der Waals surface area (Å²) in [7, 11) is 0. The first-order chi connectivity index (χ1) is 12.7. The van der Waals surface area contributed by atoms with Crippen LogP contribution in [0.15, 0.2) is 54.6 Å². The van der Waals surface area contributed by atoms with Gasteiger partial charge in [0.2, 0.25) is 0 Å². The summed E-state index contributed by atoms with van der Waals surface area (Å²) in [5, 5.41) is 3.87. The van der Waals surface area contributed by atoms with Crippen LogP contribution in [0.1, 0.15) is 40.1 Å². The minimum atomic E-state index is -0.250. The first kappa shape index (κ1) is 16.4. The van der Waals surface area contributed by atoms with E-state index in [2.05, 4.69) is 10.3 Å². The molecule has 0 spiro atoms. The van der Waals surface area contributed by atoms with Gasteiger partial charge in [0, 0.05) is 24.0 Å². The highest BCUT2D eigenvalue weighted by molar-refractivity contribution is 6.09. The fraction of sp³-hybridized carbons (Fsp3) is 0.238. The Balaban J connectivity index is 1.58. The van der Waals surface area contributed by atoms with Gasteiger partial charge < -0.3 is 15.2 Å². The molecule has 1 aliphatic rings. The van der Waals surface area contributed by atoms with Crippen molar-refractivity contribution in [3.05, 3.63) is 65.9 Å². The molecule has 2 amide bonds. The lowest BCUT2D eigenvalue weighted by Crippen LogP contribution is -2.36. The van der Waals surface area contributed by atoms with E-state index < -0.39 is 0 Å². The Morgan fingerprint density at radius 3 is 2.46 bits per heavy atom. The predicted molar refractivity (Wildman–Crippen MR) is 102 cm³/mol. The van der Waals surface area contributed by atoms with Crippen LogP contribution in [0.5, 0.6) is 0 Å². The number of aromatic nitrogens is 1. The summed E-state index contributed by atoms with van der Waals surface area (Å²) in [6.45, 7) is 1.56. The van der Waals surface area contributed by atoms with Crippen LogP contribution in [-0.4, -0.2) is 34.8 Å². The van der Waals surface area contributed by atoms with Crippen LogP contribution in [0.2, 0.25) is 0 Å². The monoisotopic (exact) mass is 347 g/mol. The molecular weight excluding hydrogens is 326 g/mol. The first-order valence-electron chi connectivity index (χ1n) is 9.00. The highest BCUT2D eigenvalue weighted by atomic mass is 16.2. The Morgan fingerprint density at radius 2 is 1.65 bits per heavy atom. The van der Waals surface area contributed by atoms with E-state index in [1.54, 1.807) is 12.1 Å². The Kier molecular flexibility index (Phi) is 4.44. The van der Waals surface area contributed by atoms with Crippen molar-refractivity contribution in [2.45, 2.75) is 19.3 Å². The lowest BCUT2D eigenvalue weighted by Gasteiger charge is -2.27. The molecule has 0 aliphatic carbocycles. The standard InChI is InChI=1S/C21H21N3O2/c25-20(19-14-15-8-2-4-10-17(15)22-19)23-18-11-5-3-9-16(18)21(26)24-12-6-1-7-13-24/h2-5,8-11,14,22H,1,6-7,12-13H2,(H,23,25). The van der Waals surface area contributed by atoms with Gasteiger partial charge in [-0.2, -0.15) is 0 Å². The molecule has 0 bridgehead atoms. The van der Waals surface area contributed by atoms with Crippen LogP contribution < -0.4 is 5.32 Å². The maximum absolute atomic E-state index is 12.8. The third kappa shape index (κ3) is 3.20. The number of benzene rings is 2. The number of para-hydroxylation sites is 2. The maximum atomic E-state index is 12.8. The Morgan fingerprint density at radius 1 is 0.923 bits per heavy atom. The lowest BCUT2D eigenvalue weighted by molar-refractivity contribution is 0.0725. The Hall–Kier alpha value is -3.08. The van der Waals surface area contributed by atoms with Crippen LogP contribution >= 0.6 is 0 Å². The van der Waals surface area contributed by atoms with Gasteiger partial charge in [0.25, 0.3) is 11.8 Å². The molecule has 4 rings (SSSR count). The molecule has 2 N–H and O–H groups in total. The minimum Gasteiger partial charge on any atom is -0.351 e. The number of aromatic amines is 1. The largest absolute Gasteiger partial charge is 0.351 e. The van der Waals surface area contributed by atoms with E-state index in [1.165, 1.54) is 6.42 Å². The smallest absolute Gasteiger partial charge is 0.272 e. The van der Waals surface area contributed by atoms with Crippen molar-refractivity contribution in [3.8, 4) is 0 Å². The third-order valence-corrected chi connectivity index (χ3v) is 4.82. The number of anilines is 1. The molecule has 0 radical (unpaired) electrons. The lowest BCUT2D eigenvalue weighted by atomic mass is 10.1. The van der Waals surface area contributed by atoms with Gasteiger partial charge >= 0.3 is 0 Å². The topological polar surface area (TPSA) is 65.2 Å². The quantitative estimate of drug-likeness (QED) is 0.751. The maximum Gasteiger partial charge on any atom is 0.272 e. The average molecular weight is 347 g/mol. The first-order valence-corrected chi connectivity index (χ1v) is 9.00. The number of likely N-dealkylation sites (tertiary alicyclic amines) is 1. The summed E-state index contributed by atoms with van der Waals surface area (Å²) < 4.78 is 0. The number of piperidine rings is 1. The number of hydrogen-bond donors (Lipinski definition) is 2. The number of amides is 2. The van der Waals surface area contributed by atoms with Gasteiger partial charge in [0.1, 0.15) is 5.69 Å². The van der Waals surface area contributed by atoms with Gasteiger partial charge in [0.15, 0.2) is 0 Å². The highest BCUT2D eigenvalue weighted by Gasteiger charge is 2.21. The summed E-state index contributed by atoms with van der Waals surface area (Å²) in [5.74, 6) is -0.266. The van der Waals surface area contributed by atoms with Gasteiger partial charge in [0.05, 0.1) is 11.3 Å². The van der Waals surface area contributed by atoms with E-state index in [1.807, 2.05) is 47.4 Å². The number of carbonyl (C=O) groups excluding carboxylic acids is 2. The number of hydrogen-bond acceptors (Lipinski definition) is 2. The van der Waals surface area contributed by atoms with E-state index in [0.29, 0.717) is 16.9 Å². The van der Waals surface area contributed by atoms with E-state index >= 15 is 0 Å². The summed E-state index contributed by atoms with van der Waals surface area (Å²) in [5.41, 5.74) is 2.48. The van der Waals surface area contributed by atoms with E-state index in [-0.39, 0.29) is 11.8 Å². The Labute approximate surface area is 152 Å². The van der Waals surface area contributed by atoms with Crippen LogP contribution in [0.3, 0.4) is 0 Å². The SMILES string of the molecule is O=C(Nc1ccccc1C(=O)N1CCCCC1)c1cc2ccccc2[nH]1. The van der Waals surface area contributed by atoms with Crippen molar-refractivity contribution in [1.82, 2.24) is 9.88 Å². The molecule has 0 unspecified atom stereocenters. The number of nitrogens with one attached hydrogen (secondary N) is 2. The van der Waals surface area contributed by atoms with Crippen LogP contribution in [-0.2, 0) is 0 Å². The predicted octanol–water partition coefficient (Wildman–Crippen LogP) is 4.05. The van der Waals surface area contributed by atoms with Crippen molar-refractivity contribution in [1.29, 1.82) is 0 Å². The average Bonchev–Trinajstić information content (AvgIpc) is 3.13. The summed E-state index contributed by atoms with van der Waals surface area (Å²) in [6, 6.07) is 16.8. The molecule has 5 nitrogen and oxygen atoms in total. The van der Waals surface area contributed by atoms with Crippen LogP contribution in [0.4, 0.5) is 5.69 Å². The van der Waals surface area contributed by atoms with Crippen molar-refractivity contribution >= 4 is 28.4 Å². The zero-order chi connectivity index (χ0) is 17.9. The van der Waals surface area contributed by atoms with Gasteiger partial charge in [-0.15, -0.1) is 0 Å². The molecule has 5 heteroatoms. The van der Waals surface area contributed by atoms with Crippen LogP contribution in [0, 0.1) is 0 Å². The molecule has 1 aliphatic heterocycles. The molecule has 1 fully saturated rings. The number of nitrogens with zero attached hydrogens (tertiary/aromatic N) is 1. The number of H-pyrrole nitrogens is 1. The van der Waals surface area contributed by atoms with Crippen molar-refractivity contribution in [2.24, 2.45) is 0 Å². The molecular formula is C21H21N3O2. The third-order valence-electron chi connectivity index (χ3n) is 4.82. The molecule has 0 saturated carbocycles. The van der Waals surface area contributed by atoms with E-state index in [4.69, 9.17) is 0 Å². The summed E-state index contributed by atoms with van der Waals surface area (Å²) >= 11 is 0. The highest BCUT2D eigenvalue weighted by Crippen LogP contribution is 2.21. The zero-order valence-electron chi connectivity index (χ0n) is 14.5. The van der Waals surface area contributed by atoms with Gasteiger partial charge in [-0.1, -0.05) is 30.3 Å². The van der Waals surface area contributed by atoms with Gasteiger partial charge in [-0.25, -0.2) is 0 Å². The number of carbonyl (C=O) groups is 2. The van der Waals surface area contributed by atoms with Crippen LogP contribution in [0.25, 0.3) is 10.9 Å². The normalized spacial score (nSPS) is 14.4. The second-order valence-electron chi connectivity index (χ2n) is 6.62. The molecule has 132 valence electrons. The molecule has 3 aromatic rings. The number of rotatable bonds is 3. The molecule has 26 heavy (non-hydrogen) atoms. The van der Waals surface area contributed by atoms with E-state index in [0.717, 1.165) is 36.8 Å². The fourth-order valence-electron chi connectivity index (χ4n) is 3.43. The number of fused-ring (bicyclic) bond motifs is 1. The van der Waals surface area contributed by atoms with Gasteiger partial charge in [-0.05, 0) is 43.5 Å². The van der Waals surface area contributed by atoms with E-state index in [9.17, 15) is 9.59 Å². The van der Waals surface area contributed by atoms with Crippen molar-refractivity contribution in [3.63, 3.8) is 0 Å². The minimum absolute atomic E-state index is 0.0164. The molecule has 2 heterocycles.